The van der Waals surface area contributed by atoms with Gasteiger partial charge in [-0.25, -0.2) is 0 Å². The fourth-order valence-electron chi connectivity index (χ4n) is 2.56. The van der Waals surface area contributed by atoms with Gasteiger partial charge in [0.1, 0.15) is 12.4 Å². The van der Waals surface area contributed by atoms with Crippen LogP contribution in [0.25, 0.3) is 0 Å². The number of rotatable bonds is 4. The molecule has 3 heteroatoms. The highest BCUT2D eigenvalue weighted by molar-refractivity contribution is 9.10. The van der Waals surface area contributed by atoms with Crippen LogP contribution in [0, 0.1) is 0 Å². The molecule has 0 bridgehead atoms. The number of benzene rings is 2. The molecule has 1 unspecified atom stereocenters. The molecule has 1 atom stereocenters. The summed E-state index contributed by atoms with van der Waals surface area (Å²) in [7, 11) is 0. The Morgan fingerprint density at radius 3 is 2.70 bits per heavy atom. The molecule has 0 spiro atoms. The topological polar surface area (TPSA) is 21.3 Å². The van der Waals surface area contributed by atoms with Crippen molar-refractivity contribution in [2.24, 2.45) is 0 Å². The molecule has 0 aromatic heterocycles. The first-order valence-corrected chi connectivity index (χ1v) is 7.82. The summed E-state index contributed by atoms with van der Waals surface area (Å²) in [6.07, 6.45) is 2.48. The van der Waals surface area contributed by atoms with Gasteiger partial charge in [-0.2, -0.15) is 0 Å². The van der Waals surface area contributed by atoms with Crippen LogP contribution >= 0.6 is 15.9 Å². The first-order valence-electron chi connectivity index (χ1n) is 7.02. The Labute approximate surface area is 128 Å². The normalized spacial score (nSPS) is 18.1. The number of hydrogen-bond donors (Lipinski definition) is 1. The average Bonchev–Trinajstić information content (AvgIpc) is 3.01. The SMILES string of the molecule is Brc1cc(C2CCCN2)ccc1OCc1ccccc1. The van der Waals surface area contributed by atoms with Crippen LogP contribution in [-0.2, 0) is 6.61 Å². The smallest absolute Gasteiger partial charge is 0.134 e. The summed E-state index contributed by atoms with van der Waals surface area (Å²) in [6.45, 7) is 1.72. The molecule has 1 aliphatic rings. The third kappa shape index (κ3) is 3.22. The van der Waals surface area contributed by atoms with Gasteiger partial charge in [-0.3, -0.25) is 0 Å². The fourth-order valence-corrected chi connectivity index (χ4v) is 3.07. The van der Waals surface area contributed by atoms with Crippen LogP contribution in [0.5, 0.6) is 5.75 Å². The lowest BCUT2D eigenvalue weighted by atomic mass is 10.1. The van der Waals surface area contributed by atoms with E-state index in [1.807, 2.05) is 18.2 Å². The fraction of sp³-hybridized carbons (Fsp3) is 0.294. The maximum Gasteiger partial charge on any atom is 0.134 e. The molecule has 1 N–H and O–H groups in total. The predicted octanol–water partition coefficient (Wildman–Crippen LogP) is 4.45. The maximum absolute atomic E-state index is 5.87. The molecule has 1 heterocycles. The molecule has 2 nitrogen and oxygen atoms in total. The summed E-state index contributed by atoms with van der Waals surface area (Å²) in [5.74, 6) is 0.899. The van der Waals surface area contributed by atoms with E-state index in [1.54, 1.807) is 0 Å². The molecule has 1 aliphatic heterocycles. The van der Waals surface area contributed by atoms with Crippen LogP contribution in [-0.4, -0.2) is 6.54 Å². The second-order valence-corrected chi connectivity index (χ2v) is 5.97. The summed E-state index contributed by atoms with van der Waals surface area (Å²) in [5, 5.41) is 3.52. The Morgan fingerprint density at radius 1 is 1.15 bits per heavy atom. The van der Waals surface area contributed by atoms with Crippen molar-refractivity contribution in [1.29, 1.82) is 0 Å². The van der Waals surface area contributed by atoms with E-state index >= 15 is 0 Å². The molecule has 0 saturated carbocycles. The summed E-state index contributed by atoms with van der Waals surface area (Å²) in [5.41, 5.74) is 2.52. The van der Waals surface area contributed by atoms with E-state index in [4.69, 9.17) is 4.74 Å². The van der Waals surface area contributed by atoms with Crippen molar-refractivity contribution < 1.29 is 4.74 Å². The zero-order valence-electron chi connectivity index (χ0n) is 11.3. The van der Waals surface area contributed by atoms with Crippen LogP contribution in [0.1, 0.15) is 30.0 Å². The molecule has 2 aromatic carbocycles. The van der Waals surface area contributed by atoms with E-state index in [1.165, 1.54) is 24.0 Å². The van der Waals surface area contributed by atoms with Crippen molar-refractivity contribution in [1.82, 2.24) is 5.32 Å². The van der Waals surface area contributed by atoms with Gasteiger partial charge < -0.3 is 10.1 Å². The second-order valence-electron chi connectivity index (χ2n) is 5.11. The average molecular weight is 332 g/mol. The number of nitrogens with one attached hydrogen (secondary N) is 1. The van der Waals surface area contributed by atoms with Gasteiger partial charge in [-0.15, -0.1) is 0 Å². The standard InChI is InChI=1S/C17H18BrNO/c18-15-11-14(16-7-4-10-19-16)8-9-17(15)20-12-13-5-2-1-3-6-13/h1-3,5-6,8-9,11,16,19H,4,7,10,12H2. The summed E-state index contributed by atoms with van der Waals surface area (Å²) in [4.78, 5) is 0. The monoisotopic (exact) mass is 331 g/mol. The van der Waals surface area contributed by atoms with Crippen molar-refractivity contribution in [3.63, 3.8) is 0 Å². The maximum atomic E-state index is 5.87. The van der Waals surface area contributed by atoms with E-state index in [0.29, 0.717) is 12.6 Å². The Balaban J connectivity index is 1.68. The molecular formula is C17H18BrNO. The molecule has 0 aliphatic carbocycles. The van der Waals surface area contributed by atoms with Gasteiger partial charge in [0.15, 0.2) is 0 Å². The van der Waals surface area contributed by atoms with Crippen LogP contribution in [0.15, 0.2) is 53.0 Å². The molecule has 1 saturated heterocycles. The van der Waals surface area contributed by atoms with Crippen LogP contribution in [0.4, 0.5) is 0 Å². The van der Waals surface area contributed by atoms with Crippen LogP contribution < -0.4 is 10.1 Å². The third-order valence-electron chi connectivity index (χ3n) is 3.66. The lowest BCUT2D eigenvalue weighted by molar-refractivity contribution is 0.304. The first-order chi connectivity index (χ1) is 9.83. The van der Waals surface area contributed by atoms with Gasteiger partial charge in [-0.1, -0.05) is 36.4 Å². The third-order valence-corrected chi connectivity index (χ3v) is 4.28. The van der Waals surface area contributed by atoms with E-state index in [9.17, 15) is 0 Å². The van der Waals surface area contributed by atoms with Crippen LogP contribution in [0.3, 0.4) is 0 Å². The molecule has 20 heavy (non-hydrogen) atoms. The molecular weight excluding hydrogens is 314 g/mol. The van der Waals surface area contributed by atoms with Gasteiger partial charge in [0.05, 0.1) is 4.47 Å². The lowest BCUT2D eigenvalue weighted by Crippen LogP contribution is -2.12. The summed E-state index contributed by atoms with van der Waals surface area (Å²) >= 11 is 3.62. The van der Waals surface area contributed by atoms with Gasteiger partial charge >= 0.3 is 0 Å². The molecule has 3 rings (SSSR count). The Bertz CT molecular complexity index is 564. The summed E-state index contributed by atoms with van der Waals surface area (Å²) in [6, 6.07) is 17.1. The van der Waals surface area contributed by atoms with E-state index in [0.717, 1.165) is 16.8 Å². The van der Waals surface area contributed by atoms with E-state index in [-0.39, 0.29) is 0 Å². The second kappa shape index (κ2) is 6.42. The zero-order chi connectivity index (χ0) is 13.8. The number of halogens is 1. The van der Waals surface area contributed by atoms with Gasteiger partial charge in [-0.05, 0) is 58.6 Å². The van der Waals surface area contributed by atoms with Crippen molar-refractivity contribution in [2.45, 2.75) is 25.5 Å². The van der Waals surface area contributed by atoms with E-state index in [2.05, 4.69) is 51.6 Å². The van der Waals surface area contributed by atoms with Gasteiger partial charge in [0.25, 0.3) is 0 Å². The molecule has 1 fully saturated rings. The van der Waals surface area contributed by atoms with E-state index < -0.39 is 0 Å². The number of ether oxygens (including phenoxy) is 1. The minimum absolute atomic E-state index is 0.495. The van der Waals surface area contributed by atoms with Crippen molar-refractivity contribution in [3.05, 3.63) is 64.1 Å². The van der Waals surface area contributed by atoms with Gasteiger partial charge in [0.2, 0.25) is 0 Å². The zero-order valence-corrected chi connectivity index (χ0v) is 12.9. The van der Waals surface area contributed by atoms with Gasteiger partial charge in [0, 0.05) is 6.04 Å². The minimum atomic E-state index is 0.495. The minimum Gasteiger partial charge on any atom is -0.488 e. The largest absolute Gasteiger partial charge is 0.488 e. The molecule has 0 amide bonds. The molecule has 2 aromatic rings. The predicted molar refractivity (Wildman–Crippen MR) is 84.9 cm³/mol. The highest BCUT2D eigenvalue weighted by Gasteiger charge is 2.17. The number of hydrogen-bond acceptors (Lipinski definition) is 2. The first kappa shape index (κ1) is 13.7. The van der Waals surface area contributed by atoms with Crippen molar-refractivity contribution in [3.8, 4) is 5.75 Å². The Kier molecular flexibility index (Phi) is 4.38. The quantitative estimate of drug-likeness (QED) is 0.893. The van der Waals surface area contributed by atoms with Crippen molar-refractivity contribution in [2.75, 3.05) is 6.54 Å². The Hall–Kier alpha value is -1.32. The van der Waals surface area contributed by atoms with Crippen LogP contribution in [0.2, 0.25) is 0 Å². The molecule has 104 valence electrons. The highest BCUT2D eigenvalue weighted by Crippen LogP contribution is 2.31. The Morgan fingerprint density at radius 2 is 2.00 bits per heavy atom. The molecule has 0 radical (unpaired) electrons. The summed E-state index contributed by atoms with van der Waals surface area (Å²) < 4.78 is 6.90. The lowest BCUT2D eigenvalue weighted by Gasteiger charge is -2.14. The van der Waals surface area contributed by atoms with Crippen molar-refractivity contribution >= 4 is 15.9 Å². The highest BCUT2D eigenvalue weighted by atomic mass is 79.9.